The van der Waals surface area contributed by atoms with Crippen molar-refractivity contribution in [2.24, 2.45) is 4.99 Å². The fourth-order valence-corrected chi connectivity index (χ4v) is 2.57. The molecule has 2 aromatic rings. The number of nitrogen functional groups attached to an aromatic ring is 1. The molecule has 6 nitrogen and oxygen atoms in total. The number of aromatic amines is 2. The normalized spacial score (nSPS) is 17.5. The number of hydrogen-bond acceptors (Lipinski definition) is 4. The molecule has 0 amide bonds. The Morgan fingerprint density at radius 3 is 2.80 bits per heavy atom. The monoisotopic (exact) mass is 423 g/mol. The maximum atomic E-state index is 5.82. The second kappa shape index (κ2) is 6.19. The quantitative estimate of drug-likeness (QED) is 0.706. The van der Waals surface area contributed by atoms with Gasteiger partial charge < -0.3 is 20.4 Å². The van der Waals surface area contributed by atoms with Crippen molar-refractivity contribution in [2.45, 2.75) is 12.5 Å². The smallest absolute Gasteiger partial charge is 0.233 e. The van der Waals surface area contributed by atoms with Crippen LogP contribution in [0.15, 0.2) is 26.3 Å². The summed E-state index contributed by atoms with van der Waals surface area (Å²) < 4.78 is 7.63. The number of aromatic nitrogens is 3. The number of halogens is 3. The third-order valence-electron chi connectivity index (χ3n) is 2.77. The summed E-state index contributed by atoms with van der Waals surface area (Å²) in [5, 5.41) is 0. The highest BCUT2D eigenvalue weighted by atomic mass is 79.9. The van der Waals surface area contributed by atoms with Gasteiger partial charge in [0.1, 0.15) is 11.8 Å². The molecule has 0 saturated heterocycles. The summed E-state index contributed by atoms with van der Waals surface area (Å²) in [4.78, 5) is 14.5. The van der Waals surface area contributed by atoms with Crippen LogP contribution in [-0.4, -0.2) is 33.5 Å². The zero-order valence-electron chi connectivity index (χ0n) is 10.2. The van der Waals surface area contributed by atoms with Crippen molar-refractivity contribution in [1.29, 1.82) is 0 Å². The molecule has 1 aliphatic rings. The molecule has 20 heavy (non-hydrogen) atoms. The Morgan fingerprint density at radius 1 is 1.40 bits per heavy atom. The minimum absolute atomic E-state index is 0. The fraction of sp³-hybridized carbons (Fsp3) is 0.273. The predicted octanol–water partition coefficient (Wildman–Crippen LogP) is 2.65. The zero-order valence-corrected chi connectivity index (χ0v) is 14.2. The maximum absolute atomic E-state index is 5.82. The van der Waals surface area contributed by atoms with E-state index in [0.717, 1.165) is 20.5 Å². The number of rotatable bonds is 3. The Labute approximate surface area is 138 Å². The van der Waals surface area contributed by atoms with E-state index in [1.807, 2.05) is 6.07 Å². The Kier molecular flexibility index (Phi) is 4.77. The second-order valence-electron chi connectivity index (χ2n) is 4.23. The van der Waals surface area contributed by atoms with E-state index in [4.69, 9.17) is 10.5 Å². The van der Waals surface area contributed by atoms with E-state index in [1.54, 1.807) is 6.20 Å². The minimum atomic E-state index is 0. The summed E-state index contributed by atoms with van der Waals surface area (Å²) >= 11 is 6.81. The highest BCUT2D eigenvalue weighted by Gasteiger charge is 2.23. The van der Waals surface area contributed by atoms with E-state index in [0.29, 0.717) is 24.8 Å². The third kappa shape index (κ3) is 3.18. The Hall–Kier alpha value is -0.990. The van der Waals surface area contributed by atoms with Gasteiger partial charge in [0.25, 0.3) is 0 Å². The van der Waals surface area contributed by atoms with Crippen molar-refractivity contribution in [2.75, 3.05) is 12.3 Å². The van der Waals surface area contributed by atoms with E-state index >= 15 is 0 Å². The van der Waals surface area contributed by atoms with Crippen molar-refractivity contribution in [3.05, 3.63) is 32.7 Å². The summed E-state index contributed by atoms with van der Waals surface area (Å²) in [5.74, 6) is 1.05. The molecule has 0 aromatic carbocycles. The van der Waals surface area contributed by atoms with E-state index in [1.165, 1.54) is 0 Å². The molecule has 1 atom stereocenters. The van der Waals surface area contributed by atoms with Crippen LogP contribution in [0.2, 0.25) is 0 Å². The average Bonchev–Trinajstić information content (AvgIpc) is 3.04. The number of nitrogens with two attached hydrogens (primary N) is 1. The molecule has 9 heteroatoms. The summed E-state index contributed by atoms with van der Waals surface area (Å²) in [6.45, 7) is 0.627. The molecule has 0 aliphatic carbocycles. The first-order chi connectivity index (χ1) is 9.11. The van der Waals surface area contributed by atoms with Crippen LogP contribution in [0.4, 0.5) is 5.95 Å². The Morgan fingerprint density at radius 2 is 2.20 bits per heavy atom. The van der Waals surface area contributed by atoms with Gasteiger partial charge in [0.2, 0.25) is 5.90 Å². The molecule has 4 N–H and O–H groups in total. The van der Waals surface area contributed by atoms with Gasteiger partial charge in [-0.25, -0.2) is 9.98 Å². The molecule has 0 radical (unpaired) electrons. The molecule has 108 valence electrons. The SMILES string of the molecule is Cl.Nc1ncc(C[C@H]2CN=C(c3cc(Br)c(Br)[nH]3)O2)[nH]1. The molecular weight excluding hydrogens is 413 g/mol. The van der Waals surface area contributed by atoms with Crippen molar-refractivity contribution in [3.63, 3.8) is 0 Å². The summed E-state index contributed by atoms with van der Waals surface area (Å²) in [6, 6.07) is 1.93. The third-order valence-corrected chi connectivity index (χ3v) is 4.55. The zero-order chi connectivity index (χ0) is 13.4. The summed E-state index contributed by atoms with van der Waals surface area (Å²) in [7, 11) is 0. The number of nitrogens with zero attached hydrogens (tertiary/aromatic N) is 2. The highest BCUT2D eigenvalue weighted by molar-refractivity contribution is 9.13. The minimum Gasteiger partial charge on any atom is -0.471 e. The van der Waals surface area contributed by atoms with E-state index in [2.05, 4.69) is 51.8 Å². The van der Waals surface area contributed by atoms with Crippen molar-refractivity contribution in [1.82, 2.24) is 15.0 Å². The Balaban J connectivity index is 0.00000147. The van der Waals surface area contributed by atoms with E-state index < -0.39 is 0 Å². The highest BCUT2D eigenvalue weighted by Crippen LogP contribution is 2.25. The molecular formula is C11H12Br2ClN5O. The first-order valence-corrected chi connectivity index (χ1v) is 7.25. The maximum Gasteiger partial charge on any atom is 0.233 e. The topological polar surface area (TPSA) is 92.1 Å². The van der Waals surface area contributed by atoms with Gasteiger partial charge in [-0.05, 0) is 37.9 Å². The standard InChI is InChI=1S/C11H11Br2N5O.ClH/c12-7-2-8(18-9(7)13)10-15-4-6(19-10)1-5-3-16-11(14)17-5;/h2-3,6,18H,1,4H2,(H3,14,16,17);1H/t6-;/m0./s1. The number of H-pyrrole nitrogens is 2. The van der Waals surface area contributed by atoms with Gasteiger partial charge in [-0.1, -0.05) is 0 Å². The van der Waals surface area contributed by atoms with Gasteiger partial charge in [-0.2, -0.15) is 0 Å². The van der Waals surface area contributed by atoms with Gasteiger partial charge in [0.15, 0.2) is 5.95 Å². The number of anilines is 1. The average molecular weight is 426 g/mol. The summed E-state index contributed by atoms with van der Waals surface area (Å²) in [5.41, 5.74) is 7.34. The van der Waals surface area contributed by atoms with Gasteiger partial charge >= 0.3 is 0 Å². The fourth-order valence-electron chi connectivity index (χ4n) is 1.92. The van der Waals surface area contributed by atoms with Crippen LogP contribution in [0.3, 0.4) is 0 Å². The lowest BCUT2D eigenvalue weighted by molar-refractivity contribution is 0.223. The number of ether oxygens (including phenoxy) is 1. The second-order valence-corrected chi connectivity index (χ2v) is 5.88. The van der Waals surface area contributed by atoms with E-state index in [9.17, 15) is 0 Å². The lowest BCUT2D eigenvalue weighted by Crippen LogP contribution is -2.17. The predicted molar refractivity (Wildman–Crippen MR) is 86.4 cm³/mol. The van der Waals surface area contributed by atoms with Gasteiger partial charge in [0, 0.05) is 12.1 Å². The van der Waals surface area contributed by atoms with Gasteiger partial charge in [-0.3, -0.25) is 0 Å². The molecule has 1 aliphatic heterocycles. The molecule has 2 aromatic heterocycles. The number of imidazole rings is 1. The molecule has 0 spiro atoms. The van der Waals surface area contributed by atoms with Crippen LogP contribution in [0.25, 0.3) is 0 Å². The number of aliphatic imine (C=N–C) groups is 1. The molecule has 0 saturated carbocycles. The van der Waals surface area contributed by atoms with Gasteiger partial charge in [-0.15, -0.1) is 12.4 Å². The molecule has 3 rings (SSSR count). The first kappa shape index (κ1) is 15.4. The van der Waals surface area contributed by atoms with Crippen molar-refractivity contribution in [3.8, 4) is 0 Å². The van der Waals surface area contributed by atoms with Crippen LogP contribution in [0.5, 0.6) is 0 Å². The first-order valence-electron chi connectivity index (χ1n) is 5.66. The van der Waals surface area contributed by atoms with Crippen LogP contribution in [-0.2, 0) is 11.2 Å². The Bertz CT molecular complexity index is 619. The molecule has 3 heterocycles. The van der Waals surface area contributed by atoms with Gasteiger partial charge in [0.05, 0.1) is 21.8 Å². The van der Waals surface area contributed by atoms with Crippen LogP contribution in [0, 0.1) is 0 Å². The van der Waals surface area contributed by atoms with Crippen molar-refractivity contribution < 1.29 is 4.74 Å². The van der Waals surface area contributed by atoms with Crippen LogP contribution >= 0.6 is 44.3 Å². The van der Waals surface area contributed by atoms with Crippen molar-refractivity contribution >= 4 is 56.1 Å². The van der Waals surface area contributed by atoms with Crippen LogP contribution in [0.1, 0.15) is 11.4 Å². The van der Waals surface area contributed by atoms with E-state index in [-0.39, 0.29) is 18.5 Å². The largest absolute Gasteiger partial charge is 0.471 e. The number of nitrogens with one attached hydrogen (secondary N) is 2. The molecule has 0 fully saturated rings. The summed E-state index contributed by atoms with van der Waals surface area (Å²) in [6.07, 6.45) is 2.44. The number of hydrogen-bond donors (Lipinski definition) is 3. The van der Waals surface area contributed by atoms with Crippen LogP contribution < -0.4 is 5.73 Å². The lowest BCUT2D eigenvalue weighted by atomic mass is 10.2. The molecule has 0 bridgehead atoms. The lowest BCUT2D eigenvalue weighted by Gasteiger charge is -2.09. The molecule has 0 unspecified atom stereocenters.